The van der Waals surface area contributed by atoms with Gasteiger partial charge in [0, 0.05) is 40.8 Å². The smallest absolute Gasteiger partial charge is 0.315 e. The number of rotatable bonds is 5. The maximum absolute atomic E-state index is 13.2. The molecule has 4 rings (SSSR count). The summed E-state index contributed by atoms with van der Waals surface area (Å²) in [5, 5.41) is 0. The molecule has 1 fully saturated rings. The number of hydrogen-bond acceptors (Lipinski definition) is 6. The van der Waals surface area contributed by atoms with Crippen LogP contribution in [0.5, 0.6) is 0 Å². The van der Waals surface area contributed by atoms with Crippen LogP contribution in [-0.4, -0.2) is 43.0 Å². The predicted octanol–water partition coefficient (Wildman–Crippen LogP) is 4.31. The zero-order chi connectivity index (χ0) is 20.4. The van der Waals surface area contributed by atoms with Crippen LogP contribution in [0.15, 0.2) is 45.4 Å². The number of carbonyl (C=O) groups is 2. The van der Waals surface area contributed by atoms with Gasteiger partial charge in [0.1, 0.15) is 12.5 Å². The highest BCUT2D eigenvalue weighted by molar-refractivity contribution is 7.98. The van der Waals surface area contributed by atoms with E-state index in [0.29, 0.717) is 12.0 Å². The van der Waals surface area contributed by atoms with Crippen LogP contribution < -0.4 is 0 Å². The molecule has 1 saturated heterocycles. The highest BCUT2D eigenvalue weighted by Crippen LogP contribution is 2.43. The summed E-state index contributed by atoms with van der Waals surface area (Å²) < 4.78 is 11.2. The van der Waals surface area contributed by atoms with Gasteiger partial charge in [-0.3, -0.25) is 14.6 Å². The molecule has 1 unspecified atom stereocenters. The summed E-state index contributed by atoms with van der Waals surface area (Å²) in [5.74, 6) is -1.11. The SMILES string of the molecule is CSc1ccc([C@@H]2C3=C(CCCC3=O)N=C(C)C2C(=O)OC[C@H]2CCCO2)cc1. The molecule has 29 heavy (non-hydrogen) atoms. The molecule has 1 aromatic carbocycles. The van der Waals surface area contributed by atoms with Crippen LogP contribution >= 0.6 is 11.8 Å². The van der Waals surface area contributed by atoms with Crippen molar-refractivity contribution >= 4 is 29.2 Å². The summed E-state index contributed by atoms with van der Waals surface area (Å²) in [7, 11) is 0. The van der Waals surface area contributed by atoms with Crippen molar-refractivity contribution in [2.24, 2.45) is 10.9 Å². The van der Waals surface area contributed by atoms with E-state index >= 15 is 0 Å². The van der Waals surface area contributed by atoms with E-state index in [9.17, 15) is 9.59 Å². The molecule has 2 heterocycles. The number of benzene rings is 1. The third-order valence-corrected chi connectivity index (χ3v) is 6.74. The lowest BCUT2D eigenvalue weighted by Crippen LogP contribution is -2.38. The number of hydrogen-bond donors (Lipinski definition) is 0. The number of thioether (sulfide) groups is 1. The number of Topliss-reactive ketones (excluding diaryl/α,β-unsaturated/α-hetero) is 1. The summed E-state index contributed by atoms with van der Waals surface area (Å²) in [4.78, 5) is 31.9. The molecule has 5 nitrogen and oxygen atoms in total. The van der Waals surface area contributed by atoms with Crippen LogP contribution in [0, 0.1) is 5.92 Å². The molecule has 0 bridgehead atoms. The Morgan fingerprint density at radius 1 is 1.24 bits per heavy atom. The fourth-order valence-corrected chi connectivity index (χ4v) is 4.93. The molecular weight excluding hydrogens is 386 g/mol. The molecule has 6 heteroatoms. The molecule has 0 saturated carbocycles. The van der Waals surface area contributed by atoms with E-state index < -0.39 is 5.92 Å². The van der Waals surface area contributed by atoms with Crippen molar-refractivity contribution < 1.29 is 19.1 Å². The molecule has 0 radical (unpaired) electrons. The molecule has 3 atom stereocenters. The standard InChI is InChI=1S/C23H27NO4S/c1-14-20(23(26)28-13-16-5-4-12-27-16)21(15-8-10-17(29-2)11-9-15)22-18(24-14)6-3-7-19(22)25/h8-11,16,20-21H,3-7,12-13H2,1-2H3/t16-,20?,21+/m1/s1. The van der Waals surface area contributed by atoms with Gasteiger partial charge in [-0.1, -0.05) is 12.1 Å². The van der Waals surface area contributed by atoms with E-state index in [0.717, 1.165) is 54.2 Å². The normalized spacial score (nSPS) is 26.9. The number of ether oxygens (including phenoxy) is 2. The van der Waals surface area contributed by atoms with Gasteiger partial charge >= 0.3 is 5.97 Å². The zero-order valence-electron chi connectivity index (χ0n) is 17.0. The fourth-order valence-electron chi connectivity index (χ4n) is 4.52. The second-order valence-electron chi connectivity index (χ2n) is 7.88. The van der Waals surface area contributed by atoms with Gasteiger partial charge < -0.3 is 9.47 Å². The molecule has 0 aromatic heterocycles. The third-order valence-electron chi connectivity index (χ3n) is 6.00. The van der Waals surface area contributed by atoms with Gasteiger partial charge in [-0.15, -0.1) is 11.8 Å². The van der Waals surface area contributed by atoms with Gasteiger partial charge in [0.2, 0.25) is 0 Å². The maximum atomic E-state index is 13.2. The van der Waals surface area contributed by atoms with Crippen molar-refractivity contribution in [3.63, 3.8) is 0 Å². The predicted molar refractivity (Wildman–Crippen MR) is 113 cm³/mol. The molecule has 0 spiro atoms. The Hall–Kier alpha value is -1.92. The Kier molecular flexibility index (Phi) is 6.20. The van der Waals surface area contributed by atoms with Crippen molar-refractivity contribution in [2.75, 3.05) is 19.5 Å². The van der Waals surface area contributed by atoms with E-state index in [-0.39, 0.29) is 30.4 Å². The molecule has 1 aliphatic carbocycles. The first kappa shape index (κ1) is 20.4. The van der Waals surface area contributed by atoms with Crippen LogP contribution in [0.25, 0.3) is 0 Å². The van der Waals surface area contributed by atoms with Crippen molar-refractivity contribution in [2.45, 2.75) is 55.9 Å². The van der Waals surface area contributed by atoms with Crippen LogP contribution in [0.3, 0.4) is 0 Å². The maximum Gasteiger partial charge on any atom is 0.315 e. The number of allylic oxidation sites excluding steroid dienone is 2. The topological polar surface area (TPSA) is 65.0 Å². The summed E-state index contributed by atoms with van der Waals surface area (Å²) >= 11 is 1.67. The second kappa shape index (κ2) is 8.84. The quantitative estimate of drug-likeness (QED) is 0.532. The number of carbonyl (C=O) groups excluding carboxylic acids is 2. The lowest BCUT2D eigenvalue weighted by Gasteiger charge is -2.34. The first-order valence-corrected chi connectivity index (χ1v) is 11.5. The minimum Gasteiger partial charge on any atom is -0.462 e. The van der Waals surface area contributed by atoms with Gasteiger partial charge in [-0.05, 0) is 56.6 Å². The lowest BCUT2D eigenvalue weighted by atomic mass is 9.72. The van der Waals surface area contributed by atoms with E-state index in [4.69, 9.17) is 9.47 Å². The van der Waals surface area contributed by atoms with Crippen LogP contribution in [0.4, 0.5) is 0 Å². The monoisotopic (exact) mass is 413 g/mol. The second-order valence-corrected chi connectivity index (χ2v) is 8.76. The molecule has 2 aliphatic heterocycles. The molecule has 154 valence electrons. The Morgan fingerprint density at radius 2 is 2.03 bits per heavy atom. The van der Waals surface area contributed by atoms with Crippen LogP contribution in [0.1, 0.15) is 50.5 Å². The van der Waals surface area contributed by atoms with Crippen molar-refractivity contribution in [1.29, 1.82) is 0 Å². The van der Waals surface area contributed by atoms with Crippen LogP contribution in [0.2, 0.25) is 0 Å². The minimum absolute atomic E-state index is 0.0230. The Bertz CT molecular complexity index is 852. The van der Waals surface area contributed by atoms with Crippen molar-refractivity contribution in [3.8, 4) is 0 Å². The average molecular weight is 414 g/mol. The first-order chi connectivity index (χ1) is 14.1. The third kappa shape index (κ3) is 4.19. The molecule has 1 aromatic rings. The van der Waals surface area contributed by atoms with E-state index in [1.54, 1.807) is 11.8 Å². The highest BCUT2D eigenvalue weighted by atomic mass is 32.2. The van der Waals surface area contributed by atoms with E-state index in [1.165, 1.54) is 0 Å². The Labute approximate surface area is 175 Å². The number of ketones is 1. The van der Waals surface area contributed by atoms with Crippen molar-refractivity contribution in [1.82, 2.24) is 0 Å². The van der Waals surface area contributed by atoms with E-state index in [1.807, 2.05) is 37.4 Å². The lowest BCUT2D eigenvalue weighted by molar-refractivity contribution is -0.149. The van der Waals surface area contributed by atoms with Crippen LogP contribution in [-0.2, 0) is 19.1 Å². The Morgan fingerprint density at radius 3 is 2.72 bits per heavy atom. The van der Waals surface area contributed by atoms with Gasteiger partial charge in [0.15, 0.2) is 5.78 Å². The minimum atomic E-state index is -0.572. The Balaban J connectivity index is 1.67. The fraction of sp³-hybridized carbons (Fsp3) is 0.522. The van der Waals surface area contributed by atoms with Gasteiger partial charge in [0.05, 0.1) is 6.10 Å². The molecule has 0 N–H and O–H groups in total. The average Bonchev–Trinajstić information content (AvgIpc) is 3.25. The summed E-state index contributed by atoms with van der Waals surface area (Å²) in [6, 6.07) is 8.15. The highest BCUT2D eigenvalue weighted by Gasteiger charge is 2.43. The first-order valence-electron chi connectivity index (χ1n) is 10.3. The number of nitrogens with zero attached hydrogens (tertiary/aromatic N) is 1. The van der Waals surface area contributed by atoms with Gasteiger partial charge in [-0.2, -0.15) is 0 Å². The number of esters is 1. The summed E-state index contributed by atoms with van der Waals surface area (Å²) in [5.41, 5.74) is 3.26. The zero-order valence-corrected chi connectivity index (χ0v) is 17.8. The molecular formula is C23H27NO4S. The number of aliphatic imine (C=N–C) groups is 1. The van der Waals surface area contributed by atoms with Gasteiger partial charge in [0.25, 0.3) is 0 Å². The summed E-state index contributed by atoms with van der Waals surface area (Å²) in [6.45, 7) is 2.87. The van der Waals surface area contributed by atoms with Crippen molar-refractivity contribution in [3.05, 3.63) is 41.1 Å². The molecule has 3 aliphatic rings. The summed E-state index contributed by atoms with van der Waals surface area (Å²) in [6.07, 6.45) is 6.05. The largest absolute Gasteiger partial charge is 0.462 e. The molecule has 0 amide bonds. The van der Waals surface area contributed by atoms with Gasteiger partial charge in [-0.25, -0.2) is 0 Å². The van der Waals surface area contributed by atoms with E-state index in [2.05, 4.69) is 4.99 Å².